The number of aliphatic imine (C=N–C) groups is 1. The lowest BCUT2D eigenvalue weighted by atomic mass is 10.0. The minimum absolute atomic E-state index is 0.0765. The molecule has 0 radical (unpaired) electrons. The molecule has 4 rings (SSSR count). The van der Waals surface area contributed by atoms with Crippen LogP contribution in [0.2, 0.25) is 0 Å². The summed E-state index contributed by atoms with van der Waals surface area (Å²) in [5.41, 5.74) is 4.63. The van der Waals surface area contributed by atoms with E-state index < -0.39 is 0 Å². The van der Waals surface area contributed by atoms with Crippen LogP contribution in [-0.4, -0.2) is 50.1 Å². The average molecular weight is 450 g/mol. The number of amides is 1. The zero-order chi connectivity index (χ0) is 22.9. The van der Waals surface area contributed by atoms with Crippen LogP contribution in [0.15, 0.2) is 47.5 Å². The second-order valence-corrected chi connectivity index (χ2v) is 8.72. The Labute approximate surface area is 196 Å². The van der Waals surface area contributed by atoms with Crippen molar-refractivity contribution in [2.45, 2.75) is 45.2 Å². The highest BCUT2D eigenvalue weighted by Crippen LogP contribution is 2.26. The zero-order valence-corrected chi connectivity index (χ0v) is 19.5. The van der Waals surface area contributed by atoms with Crippen molar-refractivity contribution in [3.05, 3.63) is 59.2 Å². The van der Waals surface area contributed by atoms with Gasteiger partial charge in [0.1, 0.15) is 12.4 Å². The monoisotopic (exact) mass is 449 g/mol. The van der Waals surface area contributed by atoms with Crippen LogP contribution in [-0.2, 0) is 24.3 Å². The Kier molecular flexibility index (Phi) is 8.19. The Hall–Kier alpha value is -3.06. The molecule has 3 N–H and O–H groups in total. The van der Waals surface area contributed by atoms with Crippen molar-refractivity contribution in [1.82, 2.24) is 15.5 Å². The first-order chi connectivity index (χ1) is 16.2. The van der Waals surface area contributed by atoms with Gasteiger partial charge in [0.2, 0.25) is 5.91 Å². The van der Waals surface area contributed by atoms with E-state index in [1.165, 1.54) is 43.5 Å². The molecule has 1 fully saturated rings. The summed E-state index contributed by atoms with van der Waals surface area (Å²) in [4.78, 5) is 18.3. The lowest BCUT2D eigenvalue weighted by molar-refractivity contribution is -0.116. The molecule has 2 heterocycles. The smallest absolute Gasteiger partial charge is 0.224 e. The normalized spacial score (nSPS) is 16.6. The van der Waals surface area contributed by atoms with E-state index in [4.69, 9.17) is 4.74 Å². The van der Waals surface area contributed by atoms with Gasteiger partial charge in [-0.3, -0.25) is 14.7 Å². The summed E-state index contributed by atoms with van der Waals surface area (Å²) in [6, 6.07) is 14.7. The van der Waals surface area contributed by atoms with Crippen LogP contribution < -0.4 is 20.7 Å². The van der Waals surface area contributed by atoms with Crippen LogP contribution in [0.5, 0.6) is 5.75 Å². The van der Waals surface area contributed by atoms with E-state index in [0.717, 1.165) is 42.5 Å². The molecular formula is C26H35N5O2. The van der Waals surface area contributed by atoms with Gasteiger partial charge in [-0.2, -0.15) is 0 Å². The Morgan fingerprint density at radius 3 is 2.61 bits per heavy atom. The van der Waals surface area contributed by atoms with Gasteiger partial charge in [-0.05, 0) is 67.2 Å². The number of carbonyl (C=O) groups is 1. The van der Waals surface area contributed by atoms with Crippen LogP contribution >= 0.6 is 0 Å². The molecular weight excluding hydrogens is 414 g/mol. The number of guanidine groups is 1. The fraction of sp³-hybridized carbons (Fsp3) is 0.462. The van der Waals surface area contributed by atoms with E-state index in [9.17, 15) is 4.79 Å². The first-order valence-corrected chi connectivity index (χ1v) is 12.0. The number of anilines is 1. The molecule has 2 aromatic rings. The maximum absolute atomic E-state index is 11.5. The zero-order valence-electron chi connectivity index (χ0n) is 19.5. The van der Waals surface area contributed by atoms with Crippen LogP contribution in [0.25, 0.3) is 0 Å². The number of hydrogen-bond donors (Lipinski definition) is 3. The molecule has 176 valence electrons. The summed E-state index contributed by atoms with van der Waals surface area (Å²) in [6.45, 7) is 5.38. The van der Waals surface area contributed by atoms with Crippen molar-refractivity contribution in [3.8, 4) is 5.75 Å². The molecule has 33 heavy (non-hydrogen) atoms. The molecule has 0 bridgehead atoms. The van der Waals surface area contributed by atoms with E-state index >= 15 is 0 Å². The second-order valence-electron chi connectivity index (χ2n) is 8.72. The number of likely N-dealkylation sites (tertiary alicyclic amines) is 1. The number of benzene rings is 2. The summed E-state index contributed by atoms with van der Waals surface area (Å²) in [5, 5.41) is 9.55. The summed E-state index contributed by atoms with van der Waals surface area (Å²) < 4.78 is 5.87. The molecule has 0 atom stereocenters. The maximum Gasteiger partial charge on any atom is 0.224 e. The van der Waals surface area contributed by atoms with Gasteiger partial charge in [-0.25, -0.2) is 0 Å². The molecule has 0 aliphatic carbocycles. The number of fused-ring (bicyclic) bond motifs is 1. The number of hydrogen-bond acceptors (Lipinski definition) is 4. The van der Waals surface area contributed by atoms with Crippen molar-refractivity contribution in [3.63, 3.8) is 0 Å². The van der Waals surface area contributed by atoms with E-state index in [2.05, 4.69) is 50.1 Å². The summed E-state index contributed by atoms with van der Waals surface area (Å²) in [5.74, 6) is 1.65. The van der Waals surface area contributed by atoms with Crippen molar-refractivity contribution in [2.75, 3.05) is 38.6 Å². The molecule has 7 nitrogen and oxygen atoms in total. The quantitative estimate of drug-likeness (QED) is 0.327. The number of carbonyl (C=O) groups excluding carboxylic acids is 1. The number of rotatable bonds is 8. The van der Waals surface area contributed by atoms with E-state index in [1.54, 1.807) is 7.05 Å². The van der Waals surface area contributed by atoms with Gasteiger partial charge < -0.3 is 20.7 Å². The molecule has 2 aliphatic heterocycles. The lowest BCUT2D eigenvalue weighted by Crippen LogP contribution is -2.38. The minimum atomic E-state index is 0.0765. The molecule has 7 heteroatoms. The average Bonchev–Trinajstić information content (AvgIpc) is 2.85. The van der Waals surface area contributed by atoms with Crippen molar-refractivity contribution in [1.29, 1.82) is 0 Å². The highest BCUT2D eigenvalue weighted by molar-refractivity contribution is 5.94. The fourth-order valence-corrected chi connectivity index (χ4v) is 4.33. The predicted molar refractivity (Wildman–Crippen MR) is 133 cm³/mol. The molecule has 0 spiro atoms. The summed E-state index contributed by atoms with van der Waals surface area (Å²) >= 11 is 0. The van der Waals surface area contributed by atoms with Gasteiger partial charge in [0.25, 0.3) is 0 Å². The second kappa shape index (κ2) is 11.7. The first-order valence-electron chi connectivity index (χ1n) is 12.0. The third-order valence-electron chi connectivity index (χ3n) is 6.20. The highest BCUT2D eigenvalue weighted by Gasteiger charge is 2.15. The van der Waals surface area contributed by atoms with Crippen LogP contribution in [0, 0.1) is 0 Å². The Bertz CT molecular complexity index is 952. The van der Waals surface area contributed by atoms with Gasteiger partial charge in [0.15, 0.2) is 5.96 Å². The molecule has 0 saturated carbocycles. The van der Waals surface area contributed by atoms with Gasteiger partial charge in [-0.15, -0.1) is 0 Å². The molecule has 2 aliphatic rings. The van der Waals surface area contributed by atoms with E-state index in [0.29, 0.717) is 19.6 Å². The third kappa shape index (κ3) is 6.96. The van der Waals surface area contributed by atoms with Crippen LogP contribution in [0.1, 0.15) is 42.4 Å². The fourth-order valence-electron chi connectivity index (χ4n) is 4.33. The Balaban J connectivity index is 1.16. The number of ether oxygens (including phenoxy) is 1. The van der Waals surface area contributed by atoms with E-state index in [1.807, 2.05) is 18.2 Å². The molecule has 1 amide bonds. The molecule has 2 aromatic carbocycles. The minimum Gasteiger partial charge on any atom is -0.492 e. The Morgan fingerprint density at radius 2 is 1.82 bits per heavy atom. The van der Waals surface area contributed by atoms with Gasteiger partial charge in [-0.1, -0.05) is 30.7 Å². The summed E-state index contributed by atoms with van der Waals surface area (Å²) in [6.07, 6.45) is 5.31. The van der Waals surface area contributed by atoms with E-state index in [-0.39, 0.29) is 5.91 Å². The van der Waals surface area contributed by atoms with Gasteiger partial charge in [0, 0.05) is 32.2 Å². The SMILES string of the molecule is CN=C(NCCOc1ccc2c(c1)CCC(=O)N2)NCc1ccc(CN2CCCCC2)cc1. The number of piperidine rings is 1. The summed E-state index contributed by atoms with van der Waals surface area (Å²) in [7, 11) is 1.77. The van der Waals surface area contributed by atoms with Crippen molar-refractivity contribution < 1.29 is 9.53 Å². The first kappa shape index (κ1) is 23.1. The topological polar surface area (TPSA) is 78.0 Å². The number of aryl methyl sites for hydroxylation is 1. The van der Waals surface area contributed by atoms with Crippen LogP contribution in [0.4, 0.5) is 5.69 Å². The lowest BCUT2D eigenvalue weighted by Gasteiger charge is -2.26. The van der Waals surface area contributed by atoms with Crippen molar-refractivity contribution >= 4 is 17.6 Å². The standard InChI is InChI=1S/C26H35N5O2/c1-27-26(28-13-16-33-23-10-11-24-22(17-23)9-12-25(32)30-24)29-18-20-5-7-21(8-6-20)19-31-14-3-2-4-15-31/h5-8,10-11,17H,2-4,9,12-16,18-19H2,1H3,(H,30,32)(H2,27,28,29). The van der Waals surface area contributed by atoms with Gasteiger partial charge >= 0.3 is 0 Å². The predicted octanol–water partition coefficient (Wildman–Crippen LogP) is 3.30. The largest absolute Gasteiger partial charge is 0.492 e. The molecule has 1 saturated heterocycles. The van der Waals surface area contributed by atoms with Crippen LogP contribution in [0.3, 0.4) is 0 Å². The molecule has 0 aromatic heterocycles. The van der Waals surface area contributed by atoms with Gasteiger partial charge in [0.05, 0.1) is 6.54 Å². The maximum atomic E-state index is 11.5. The molecule has 0 unspecified atom stereocenters. The third-order valence-corrected chi connectivity index (χ3v) is 6.20. The number of nitrogens with zero attached hydrogens (tertiary/aromatic N) is 2. The highest BCUT2D eigenvalue weighted by atomic mass is 16.5. The van der Waals surface area contributed by atoms with Crippen molar-refractivity contribution in [2.24, 2.45) is 4.99 Å². The Morgan fingerprint density at radius 1 is 1.03 bits per heavy atom. The number of nitrogens with one attached hydrogen (secondary N) is 3.